The number of benzene rings is 2. The number of hydrogen-bond donors (Lipinski definition) is 1. The molecule has 26 heavy (non-hydrogen) atoms. The second-order valence-corrected chi connectivity index (χ2v) is 5.75. The van der Waals surface area contributed by atoms with E-state index in [0.29, 0.717) is 19.7 Å². The lowest BCUT2D eigenvalue weighted by atomic mass is 10.2. The number of anilines is 1. The summed E-state index contributed by atoms with van der Waals surface area (Å²) in [5.74, 6) is 0.735. The molecule has 1 aromatic heterocycles. The first-order valence-electron chi connectivity index (χ1n) is 8.26. The van der Waals surface area contributed by atoms with Crippen LogP contribution in [0.15, 0.2) is 60.8 Å². The molecule has 0 radical (unpaired) electrons. The summed E-state index contributed by atoms with van der Waals surface area (Å²) in [6, 6.07) is 16.5. The topological polar surface area (TPSA) is 82.2 Å². The first-order valence-corrected chi connectivity index (χ1v) is 8.26. The fraction of sp³-hybridized carbons (Fsp3) is 0.211. The monoisotopic (exact) mass is 352 g/mol. The van der Waals surface area contributed by atoms with Crippen molar-refractivity contribution in [2.45, 2.75) is 13.1 Å². The summed E-state index contributed by atoms with van der Waals surface area (Å²) >= 11 is 0. The van der Waals surface area contributed by atoms with Gasteiger partial charge in [0.2, 0.25) is 5.95 Å². The number of hydrogen-bond acceptors (Lipinski definition) is 5. The Labute approximate surface area is 151 Å². The number of non-ortho nitro benzene ring substituents is 1. The van der Waals surface area contributed by atoms with E-state index in [1.54, 1.807) is 19.2 Å². The lowest BCUT2D eigenvalue weighted by molar-refractivity contribution is -0.384. The van der Waals surface area contributed by atoms with Crippen LogP contribution in [0.4, 0.5) is 11.6 Å². The van der Waals surface area contributed by atoms with Gasteiger partial charge in [0.05, 0.1) is 23.4 Å². The molecule has 7 nitrogen and oxygen atoms in total. The number of imidazole rings is 1. The molecular formula is C19H20N4O3. The van der Waals surface area contributed by atoms with Crippen molar-refractivity contribution < 1.29 is 9.66 Å². The van der Waals surface area contributed by atoms with Crippen molar-refractivity contribution in [3.05, 3.63) is 76.5 Å². The summed E-state index contributed by atoms with van der Waals surface area (Å²) in [7, 11) is 1.67. The third-order valence-corrected chi connectivity index (χ3v) is 4.04. The van der Waals surface area contributed by atoms with Gasteiger partial charge in [-0.05, 0) is 11.1 Å². The zero-order valence-electron chi connectivity index (χ0n) is 14.5. The van der Waals surface area contributed by atoms with E-state index >= 15 is 0 Å². The van der Waals surface area contributed by atoms with Crippen molar-refractivity contribution >= 4 is 11.6 Å². The second kappa shape index (κ2) is 8.26. The predicted octanol–water partition coefficient (Wildman–Crippen LogP) is 3.72. The molecule has 0 bridgehead atoms. The third kappa shape index (κ3) is 4.07. The highest BCUT2D eigenvalue weighted by atomic mass is 16.6. The van der Waals surface area contributed by atoms with Crippen molar-refractivity contribution in [3.8, 4) is 11.3 Å². The summed E-state index contributed by atoms with van der Waals surface area (Å²) in [6.45, 7) is 1.77. The van der Waals surface area contributed by atoms with Gasteiger partial charge in [0.1, 0.15) is 0 Å². The first kappa shape index (κ1) is 17.6. The predicted molar refractivity (Wildman–Crippen MR) is 100.0 cm³/mol. The number of nitro benzene ring substituents is 1. The maximum atomic E-state index is 10.7. The zero-order chi connectivity index (χ0) is 18.4. The Hall–Kier alpha value is -3.19. The SMILES string of the molecule is COCCn1c(-c2ccccc2)cnc1NCc1ccc([N+](=O)[O-])cc1. The molecule has 0 atom stereocenters. The summed E-state index contributed by atoms with van der Waals surface area (Å²) in [5.41, 5.74) is 3.12. The van der Waals surface area contributed by atoms with Gasteiger partial charge in [0.15, 0.2) is 0 Å². The average molecular weight is 352 g/mol. The summed E-state index contributed by atoms with van der Waals surface area (Å²) in [5, 5.41) is 14.0. The summed E-state index contributed by atoms with van der Waals surface area (Å²) < 4.78 is 7.29. The van der Waals surface area contributed by atoms with E-state index in [0.717, 1.165) is 22.8 Å². The van der Waals surface area contributed by atoms with Gasteiger partial charge in [0.25, 0.3) is 5.69 Å². The lowest BCUT2D eigenvalue weighted by Crippen LogP contribution is -2.11. The molecule has 1 heterocycles. The number of nitrogens with one attached hydrogen (secondary N) is 1. The number of ether oxygens (including phenoxy) is 1. The van der Waals surface area contributed by atoms with Crippen LogP contribution in [-0.2, 0) is 17.8 Å². The van der Waals surface area contributed by atoms with Crippen LogP contribution in [0.3, 0.4) is 0 Å². The average Bonchev–Trinajstić information content (AvgIpc) is 3.08. The lowest BCUT2D eigenvalue weighted by Gasteiger charge is -2.13. The molecule has 3 aromatic rings. The number of rotatable bonds is 8. The van der Waals surface area contributed by atoms with Crippen LogP contribution < -0.4 is 5.32 Å². The van der Waals surface area contributed by atoms with Gasteiger partial charge in [-0.25, -0.2) is 4.98 Å². The van der Waals surface area contributed by atoms with Crippen molar-refractivity contribution in [2.24, 2.45) is 0 Å². The summed E-state index contributed by atoms with van der Waals surface area (Å²) in [6.07, 6.45) is 1.84. The molecule has 0 saturated heterocycles. The number of aromatic nitrogens is 2. The fourth-order valence-electron chi connectivity index (χ4n) is 2.68. The van der Waals surface area contributed by atoms with Gasteiger partial charge in [-0.1, -0.05) is 42.5 Å². The zero-order valence-corrected chi connectivity index (χ0v) is 14.5. The Morgan fingerprint density at radius 2 is 1.88 bits per heavy atom. The van der Waals surface area contributed by atoms with E-state index in [9.17, 15) is 10.1 Å². The van der Waals surface area contributed by atoms with Gasteiger partial charge < -0.3 is 14.6 Å². The molecular weight excluding hydrogens is 332 g/mol. The van der Waals surface area contributed by atoms with Gasteiger partial charge in [-0.3, -0.25) is 10.1 Å². The van der Waals surface area contributed by atoms with E-state index in [2.05, 4.69) is 14.9 Å². The Bertz CT molecular complexity index is 860. The molecule has 0 aliphatic rings. The maximum absolute atomic E-state index is 10.7. The molecule has 7 heteroatoms. The normalized spacial score (nSPS) is 10.7. The van der Waals surface area contributed by atoms with Gasteiger partial charge in [-0.15, -0.1) is 0 Å². The van der Waals surface area contributed by atoms with Gasteiger partial charge >= 0.3 is 0 Å². The smallest absolute Gasteiger partial charge is 0.269 e. The van der Waals surface area contributed by atoms with E-state index < -0.39 is 4.92 Å². The summed E-state index contributed by atoms with van der Waals surface area (Å²) in [4.78, 5) is 14.8. The van der Waals surface area contributed by atoms with E-state index in [4.69, 9.17) is 4.74 Å². The van der Waals surface area contributed by atoms with Crippen LogP contribution in [0.1, 0.15) is 5.56 Å². The Balaban J connectivity index is 1.78. The molecule has 0 amide bonds. The minimum absolute atomic E-state index is 0.0849. The standard InChI is InChI=1S/C19H20N4O3/c1-26-12-11-22-18(16-5-3-2-4-6-16)14-21-19(22)20-13-15-7-9-17(10-8-15)23(24)25/h2-10,14H,11-13H2,1H3,(H,20,21). The van der Waals surface area contributed by atoms with Gasteiger partial charge in [-0.2, -0.15) is 0 Å². The van der Waals surface area contributed by atoms with Crippen LogP contribution in [0, 0.1) is 10.1 Å². The largest absolute Gasteiger partial charge is 0.383 e. The van der Waals surface area contributed by atoms with Crippen molar-refractivity contribution in [3.63, 3.8) is 0 Å². The Morgan fingerprint density at radius 1 is 1.15 bits per heavy atom. The molecule has 0 spiro atoms. The molecule has 134 valence electrons. The van der Waals surface area contributed by atoms with Crippen LogP contribution >= 0.6 is 0 Å². The molecule has 0 unspecified atom stereocenters. The van der Waals surface area contributed by atoms with Crippen LogP contribution in [0.2, 0.25) is 0 Å². The van der Waals surface area contributed by atoms with E-state index in [1.165, 1.54) is 12.1 Å². The minimum Gasteiger partial charge on any atom is -0.383 e. The molecule has 0 fully saturated rings. The van der Waals surface area contributed by atoms with Crippen LogP contribution in [0.25, 0.3) is 11.3 Å². The molecule has 0 aliphatic heterocycles. The van der Waals surface area contributed by atoms with Crippen molar-refractivity contribution in [1.82, 2.24) is 9.55 Å². The van der Waals surface area contributed by atoms with Crippen molar-refractivity contribution in [2.75, 3.05) is 19.0 Å². The van der Waals surface area contributed by atoms with Crippen LogP contribution in [-0.4, -0.2) is 28.2 Å². The first-order chi connectivity index (χ1) is 12.7. The fourth-order valence-corrected chi connectivity index (χ4v) is 2.68. The van der Waals surface area contributed by atoms with E-state index in [1.807, 2.05) is 36.5 Å². The minimum atomic E-state index is -0.402. The number of methoxy groups -OCH3 is 1. The van der Waals surface area contributed by atoms with Crippen LogP contribution in [0.5, 0.6) is 0 Å². The maximum Gasteiger partial charge on any atom is 0.269 e. The highest BCUT2D eigenvalue weighted by molar-refractivity contribution is 5.61. The number of nitrogens with zero attached hydrogens (tertiary/aromatic N) is 3. The highest BCUT2D eigenvalue weighted by Crippen LogP contribution is 2.23. The van der Waals surface area contributed by atoms with Crippen molar-refractivity contribution in [1.29, 1.82) is 0 Å². The Morgan fingerprint density at radius 3 is 2.54 bits per heavy atom. The molecule has 1 N–H and O–H groups in total. The molecule has 2 aromatic carbocycles. The Kier molecular flexibility index (Phi) is 5.60. The third-order valence-electron chi connectivity index (χ3n) is 4.04. The van der Waals surface area contributed by atoms with E-state index in [-0.39, 0.29) is 5.69 Å². The molecule has 0 aliphatic carbocycles. The molecule has 3 rings (SSSR count). The highest BCUT2D eigenvalue weighted by Gasteiger charge is 2.12. The number of nitro groups is 1. The quantitative estimate of drug-likeness (QED) is 0.493. The second-order valence-electron chi connectivity index (χ2n) is 5.75. The van der Waals surface area contributed by atoms with Gasteiger partial charge in [0, 0.05) is 32.3 Å². The molecule has 0 saturated carbocycles.